The van der Waals surface area contributed by atoms with E-state index < -0.39 is 0 Å². The standard InChI is InChI=1S/C15H13ClN2O/c1-11-2-4-12(5-3-11)10-17-18-15(19)13-6-8-14(16)9-7-13/h2-10H,1H3,(H,18,19)/b17-10-. The SMILES string of the molecule is Cc1ccc(/C=N\NC(=O)c2ccc(Cl)cc2)cc1. The molecule has 0 heterocycles. The van der Waals surface area contributed by atoms with Crippen LogP contribution in [-0.4, -0.2) is 12.1 Å². The zero-order chi connectivity index (χ0) is 13.7. The molecule has 3 nitrogen and oxygen atoms in total. The second-order valence-electron chi connectivity index (χ2n) is 4.12. The van der Waals surface area contributed by atoms with Crippen LogP contribution in [-0.2, 0) is 0 Å². The number of nitrogens with one attached hydrogen (secondary N) is 1. The van der Waals surface area contributed by atoms with Gasteiger partial charge in [-0.3, -0.25) is 4.79 Å². The maximum Gasteiger partial charge on any atom is 0.271 e. The second-order valence-corrected chi connectivity index (χ2v) is 4.55. The lowest BCUT2D eigenvalue weighted by atomic mass is 10.2. The predicted molar refractivity (Wildman–Crippen MR) is 77.7 cm³/mol. The van der Waals surface area contributed by atoms with Gasteiger partial charge in [-0.25, -0.2) is 5.43 Å². The molecule has 1 N–H and O–H groups in total. The number of nitrogens with zero attached hydrogens (tertiary/aromatic N) is 1. The highest BCUT2D eigenvalue weighted by molar-refractivity contribution is 6.30. The first kappa shape index (κ1) is 13.3. The third-order valence-corrected chi connectivity index (χ3v) is 2.82. The van der Waals surface area contributed by atoms with Crippen molar-refractivity contribution in [3.63, 3.8) is 0 Å². The summed E-state index contributed by atoms with van der Waals surface area (Å²) >= 11 is 5.75. The Morgan fingerprint density at radius 2 is 1.74 bits per heavy atom. The molecule has 0 aliphatic carbocycles. The molecule has 0 radical (unpaired) electrons. The summed E-state index contributed by atoms with van der Waals surface area (Å²) in [5, 5.41) is 4.51. The molecule has 0 saturated heterocycles. The monoisotopic (exact) mass is 272 g/mol. The highest BCUT2D eigenvalue weighted by Crippen LogP contribution is 2.09. The molecule has 0 atom stereocenters. The van der Waals surface area contributed by atoms with Crippen LogP contribution in [0.1, 0.15) is 21.5 Å². The quantitative estimate of drug-likeness (QED) is 0.675. The Morgan fingerprint density at radius 1 is 1.11 bits per heavy atom. The van der Waals surface area contributed by atoms with Gasteiger partial charge < -0.3 is 0 Å². The fourth-order valence-electron chi connectivity index (χ4n) is 1.48. The van der Waals surface area contributed by atoms with E-state index in [4.69, 9.17) is 11.6 Å². The lowest BCUT2D eigenvalue weighted by molar-refractivity contribution is 0.0955. The number of rotatable bonds is 3. The molecule has 0 unspecified atom stereocenters. The van der Waals surface area contributed by atoms with E-state index in [1.807, 2.05) is 31.2 Å². The Bertz CT molecular complexity index is 589. The van der Waals surface area contributed by atoms with Crippen molar-refractivity contribution in [2.45, 2.75) is 6.92 Å². The highest BCUT2D eigenvalue weighted by atomic mass is 35.5. The number of carbonyl (C=O) groups excluding carboxylic acids is 1. The summed E-state index contributed by atoms with van der Waals surface area (Å²) in [7, 11) is 0. The average molecular weight is 273 g/mol. The number of aryl methyl sites for hydroxylation is 1. The van der Waals surface area contributed by atoms with Crippen molar-refractivity contribution in [1.29, 1.82) is 0 Å². The third kappa shape index (κ3) is 3.93. The fraction of sp³-hybridized carbons (Fsp3) is 0.0667. The summed E-state index contributed by atoms with van der Waals surface area (Å²) < 4.78 is 0. The molecule has 4 heteroatoms. The molecule has 0 saturated carbocycles. The number of halogens is 1. The lowest BCUT2D eigenvalue weighted by Crippen LogP contribution is -2.17. The topological polar surface area (TPSA) is 41.5 Å². The van der Waals surface area contributed by atoms with Crippen molar-refractivity contribution in [3.05, 3.63) is 70.2 Å². The van der Waals surface area contributed by atoms with Crippen molar-refractivity contribution in [1.82, 2.24) is 5.43 Å². The van der Waals surface area contributed by atoms with E-state index in [0.29, 0.717) is 10.6 Å². The van der Waals surface area contributed by atoms with Gasteiger partial charge in [-0.2, -0.15) is 5.10 Å². The molecule has 2 rings (SSSR count). The molecular weight excluding hydrogens is 260 g/mol. The van der Waals surface area contributed by atoms with Gasteiger partial charge in [-0.05, 0) is 36.8 Å². The average Bonchev–Trinajstić information content (AvgIpc) is 2.41. The highest BCUT2D eigenvalue weighted by Gasteiger charge is 2.02. The second kappa shape index (κ2) is 6.16. The van der Waals surface area contributed by atoms with Crippen LogP contribution in [0.15, 0.2) is 53.6 Å². The van der Waals surface area contributed by atoms with Crippen LogP contribution in [0.25, 0.3) is 0 Å². The maximum atomic E-state index is 11.7. The third-order valence-electron chi connectivity index (χ3n) is 2.56. The van der Waals surface area contributed by atoms with Crippen LogP contribution in [0, 0.1) is 6.92 Å². The van der Waals surface area contributed by atoms with Crippen molar-refractivity contribution >= 4 is 23.7 Å². The molecule has 96 valence electrons. The van der Waals surface area contributed by atoms with E-state index in [0.717, 1.165) is 5.56 Å². The number of carbonyl (C=O) groups is 1. The lowest BCUT2D eigenvalue weighted by Gasteiger charge is -1.99. The minimum atomic E-state index is -0.264. The summed E-state index contributed by atoms with van der Waals surface area (Å²) in [5.74, 6) is -0.264. The number of hydrogen-bond donors (Lipinski definition) is 1. The zero-order valence-electron chi connectivity index (χ0n) is 10.4. The molecule has 0 aliphatic rings. The van der Waals surface area contributed by atoms with Gasteiger partial charge in [-0.1, -0.05) is 41.4 Å². The molecule has 0 spiro atoms. The normalized spacial score (nSPS) is 10.6. The van der Waals surface area contributed by atoms with Gasteiger partial charge in [0.2, 0.25) is 0 Å². The Balaban J connectivity index is 1.96. The van der Waals surface area contributed by atoms with E-state index in [1.165, 1.54) is 5.56 Å². The first-order valence-corrected chi connectivity index (χ1v) is 6.18. The molecule has 0 fully saturated rings. The fourth-order valence-corrected chi connectivity index (χ4v) is 1.61. The smallest absolute Gasteiger partial charge is 0.267 e. The molecule has 2 aromatic carbocycles. The summed E-state index contributed by atoms with van der Waals surface area (Å²) in [6.45, 7) is 2.02. The van der Waals surface area contributed by atoms with Gasteiger partial charge >= 0.3 is 0 Å². The van der Waals surface area contributed by atoms with Crippen molar-refractivity contribution in [3.8, 4) is 0 Å². The largest absolute Gasteiger partial charge is 0.271 e. The minimum absolute atomic E-state index is 0.264. The van der Waals surface area contributed by atoms with E-state index in [-0.39, 0.29) is 5.91 Å². The molecule has 19 heavy (non-hydrogen) atoms. The molecule has 1 amide bonds. The molecule has 0 bridgehead atoms. The summed E-state index contributed by atoms with van der Waals surface area (Å²) in [4.78, 5) is 11.7. The van der Waals surface area contributed by atoms with Crippen LogP contribution in [0.3, 0.4) is 0 Å². The number of benzene rings is 2. The maximum absolute atomic E-state index is 11.7. The van der Waals surface area contributed by atoms with Crippen molar-refractivity contribution in [2.24, 2.45) is 5.10 Å². The van der Waals surface area contributed by atoms with Crippen molar-refractivity contribution < 1.29 is 4.79 Å². The predicted octanol–water partition coefficient (Wildman–Crippen LogP) is 3.41. The number of hydrazone groups is 1. The van der Waals surface area contributed by atoms with Crippen LogP contribution in [0.4, 0.5) is 0 Å². The molecule has 0 aliphatic heterocycles. The van der Waals surface area contributed by atoms with Gasteiger partial charge in [0.05, 0.1) is 6.21 Å². The van der Waals surface area contributed by atoms with E-state index in [1.54, 1.807) is 30.5 Å². The molecule has 0 aromatic heterocycles. The summed E-state index contributed by atoms with van der Waals surface area (Å²) in [6.07, 6.45) is 1.60. The van der Waals surface area contributed by atoms with E-state index in [2.05, 4.69) is 10.5 Å². The Labute approximate surface area is 116 Å². The number of hydrogen-bond acceptors (Lipinski definition) is 2. The Morgan fingerprint density at radius 3 is 2.37 bits per heavy atom. The minimum Gasteiger partial charge on any atom is -0.267 e. The number of amides is 1. The van der Waals surface area contributed by atoms with Crippen LogP contribution >= 0.6 is 11.6 Å². The van der Waals surface area contributed by atoms with Gasteiger partial charge in [-0.15, -0.1) is 0 Å². The first-order chi connectivity index (χ1) is 9.15. The Hall–Kier alpha value is -2.13. The van der Waals surface area contributed by atoms with Gasteiger partial charge in [0.25, 0.3) is 5.91 Å². The zero-order valence-corrected chi connectivity index (χ0v) is 11.2. The Kier molecular flexibility index (Phi) is 4.31. The van der Waals surface area contributed by atoms with E-state index >= 15 is 0 Å². The molecular formula is C15H13ClN2O. The van der Waals surface area contributed by atoms with Gasteiger partial charge in [0, 0.05) is 10.6 Å². The first-order valence-electron chi connectivity index (χ1n) is 5.81. The van der Waals surface area contributed by atoms with E-state index in [9.17, 15) is 4.79 Å². The summed E-state index contributed by atoms with van der Waals surface area (Å²) in [6, 6.07) is 14.5. The van der Waals surface area contributed by atoms with Crippen molar-refractivity contribution in [2.75, 3.05) is 0 Å². The van der Waals surface area contributed by atoms with Crippen LogP contribution < -0.4 is 5.43 Å². The van der Waals surface area contributed by atoms with Crippen LogP contribution in [0.2, 0.25) is 5.02 Å². The van der Waals surface area contributed by atoms with Crippen LogP contribution in [0.5, 0.6) is 0 Å². The van der Waals surface area contributed by atoms with Gasteiger partial charge in [0.1, 0.15) is 0 Å². The molecule has 2 aromatic rings. The summed E-state index contributed by atoms with van der Waals surface area (Å²) in [5.41, 5.74) is 5.10. The van der Waals surface area contributed by atoms with Gasteiger partial charge in [0.15, 0.2) is 0 Å².